The maximum absolute atomic E-state index is 9.72. The fraction of sp³-hybridized carbons (Fsp3) is 0.250. The van der Waals surface area contributed by atoms with Crippen molar-refractivity contribution < 1.29 is 9.84 Å². The number of nitrogens with one attached hydrogen (secondary N) is 1. The average molecular weight is 257 g/mol. The zero-order valence-electron chi connectivity index (χ0n) is 11.5. The van der Waals surface area contributed by atoms with Crippen LogP contribution in [0.4, 0.5) is 5.69 Å². The van der Waals surface area contributed by atoms with Crippen LogP contribution in [0, 0.1) is 13.8 Å². The van der Waals surface area contributed by atoms with Gasteiger partial charge in [0, 0.05) is 18.3 Å². The number of anilines is 1. The molecular weight excluding hydrogens is 238 g/mol. The number of methoxy groups -OCH3 is 1. The van der Waals surface area contributed by atoms with Gasteiger partial charge in [0.15, 0.2) is 11.5 Å². The van der Waals surface area contributed by atoms with Gasteiger partial charge in [0.2, 0.25) is 0 Å². The predicted molar refractivity (Wildman–Crippen MR) is 77.9 cm³/mol. The van der Waals surface area contributed by atoms with Crippen molar-refractivity contribution in [3.05, 3.63) is 53.1 Å². The molecule has 0 heterocycles. The van der Waals surface area contributed by atoms with Gasteiger partial charge >= 0.3 is 0 Å². The fourth-order valence-corrected chi connectivity index (χ4v) is 1.99. The summed E-state index contributed by atoms with van der Waals surface area (Å²) < 4.78 is 5.02. The van der Waals surface area contributed by atoms with E-state index < -0.39 is 0 Å². The van der Waals surface area contributed by atoms with Gasteiger partial charge in [0.25, 0.3) is 0 Å². The highest BCUT2D eigenvalue weighted by Gasteiger charge is 2.03. The molecule has 0 spiro atoms. The smallest absolute Gasteiger partial charge is 0.160 e. The number of aromatic hydroxyl groups is 1. The summed E-state index contributed by atoms with van der Waals surface area (Å²) in [6.07, 6.45) is 0. The molecule has 0 saturated heterocycles. The van der Waals surface area contributed by atoms with Crippen LogP contribution in [0.5, 0.6) is 11.5 Å². The van der Waals surface area contributed by atoms with Crippen molar-refractivity contribution in [2.24, 2.45) is 0 Å². The zero-order valence-corrected chi connectivity index (χ0v) is 11.5. The van der Waals surface area contributed by atoms with Gasteiger partial charge in [-0.15, -0.1) is 0 Å². The van der Waals surface area contributed by atoms with E-state index in [-0.39, 0.29) is 5.75 Å². The lowest BCUT2D eigenvalue weighted by Gasteiger charge is -2.11. The Morgan fingerprint density at radius 1 is 1.11 bits per heavy atom. The van der Waals surface area contributed by atoms with Crippen molar-refractivity contribution in [3.8, 4) is 11.5 Å². The Morgan fingerprint density at radius 3 is 2.58 bits per heavy atom. The number of benzene rings is 2. The molecule has 0 aliphatic heterocycles. The number of hydrogen-bond donors (Lipinski definition) is 2. The van der Waals surface area contributed by atoms with Gasteiger partial charge in [-0.1, -0.05) is 23.8 Å². The van der Waals surface area contributed by atoms with Crippen molar-refractivity contribution in [1.29, 1.82) is 0 Å². The zero-order chi connectivity index (χ0) is 13.8. The summed E-state index contributed by atoms with van der Waals surface area (Å²) in [7, 11) is 1.54. The summed E-state index contributed by atoms with van der Waals surface area (Å²) in [4.78, 5) is 0. The van der Waals surface area contributed by atoms with E-state index >= 15 is 0 Å². The minimum absolute atomic E-state index is 0.147. The van der Waals surface area contributed by atoms with E-state index in [2.05, 4.69) is 37.4 Å². The van der Waals surface area contributed by atoms with Crippen LogP contribution in [-0.2, 0) is 6.54 Å². The molecule has 0 bridgehead atoms. The third kappa shape index (κ3) is 3.19. The van der Waals surface area contributed by atoms with Crippen LogP contribution >= 0.6 is 0 Å². The fourth-order valence-electron chi connectivity index (χ4n) is 1.99. The van der Waals surface area contributed by atoms with Crippen LogP contribution < -0.4 is 10.1 Å². The Hall–Kier alpha value is -2.16. The maximum atomic E-state index is 9.72. The molecule has 0 fully saturated rings. The molecular formula is C16H19NO2. The molecule has 3 nitrogen and oxygen atoms in total. The molecule has 0 atom stereocenters. The largest absolute Gasteiger partial charge is 0.504 e. The maximum Gasteiger partial charge on any atom is 0.160 e. The highest BCUT2D eigenvalue weighted by molar-refractivity contribution is 5.54. The number of ether oxygens (including phenoxy) is 1. The van der Waals surface area contributed by atoms with Gasteiger partial charge in [-0.3, -0.25) is 0 Å². The van der Waals surface area contributed by atoms with E-state index in [0.29, 0.717) is 5.75 Å². The summed E-state index contributed by atoms with van der Waals surface area (Å²) in [6.45, 7) is 4.92. The number of rotatable bonds is 4. The minimum Gasteiger partial charge on any atom is -0.504 e. The first kappa shape index (κ1) is 13.3. The number of aryl methyl sites for hydroxylation is 2. The molecule has 0 aliphatic rings. The van der Waals surface area contributed by atoms with Crippen molar-refractivity contribution in [2.45, 2.75) is 20.4 Å². The van der Waals surface area contributed by atoms with E-state index in [1.54, 1.807) is 12.1 Å². The van der Waals surface area contributed by atoms with E-state index in [9.17, 15) is 5.11 Å². The summed E-state index contributed by atoms with van der Waals surface area (Å²) in [5, 5.41) is 13.0. The van der Waals surface area contributed by atoms with Crippen molar-refractivity contribution in [3.63, 3.8) is 0 Å². The quantitative estimate of drug-likeness (QED) is 0.878. The minimum atomic E-state index is 0.147. The standard InChI is InChI=1S/C16H19NO2/c1-11-4-5-12(2)13(8-11)10-17-14-6-7-16(19-3)15(18)9-14/h4-9,17-18H,10H2,1-3H3. The molecule has 0 amide bonds. The first-order valence-corrected chi connectivity index (χ1v) is 6.27. The highest BCUT2D eigenvalue weighted by atomic mass is 16.5. The summed E-state index contributed by atoms with van der Waals surface area (Å²) in [5.74, 6) is 0.630. The summed E-state index contributed by atoms with van der Waals surface area (Å²) >= 11 is 0. The number of phenols is 1. The van der Waals surface area contributed by atoms with Crippen molar-refractivity contribution >= 4 is 5.69 Å². The second-order valence-electron chi connectivity index (χ2n) is 4.67. The first-order valence-electron chi connectivity index (χ1n) is 6.27. The molecule has 0 aromatic heterocycles. The Bertz CT molecular complexity index is 579. The Labute approximate surface area is 113 Å². The lowest BCUT2D eigenvalue weighted by atomic mass is 10.1. The second kappa shape index (κ2) is 5.65. The van der Waals surface area contributed by atoms with Crippen LogP contribution in [0.1, 0.15) is 16.7 Å². The molecule has 2 rings (SSSR count). The average Bonchev–Trinajstić information content (AvgIpc) is 2.40. The second-order valence-corrected chi connectivity index (χ2v) is 4.67. The SMILES string of the molecule is COc1ccc(NCc2cc(C)ccc2C)cc1O. The summed E-state index contributed by atoms with van der Waals surface area (Å²) in [5.41, 5.74) is 4.64. The van der Waals surface area contributed by atoms with Crippen molar-refractivity contribution in [2.75, 3.05) is 12.4 Å². The van der Waals surface area contributed by atoms with Gasteiger partial charge < -0.3 is 15.2 Å². The van der Waals surface area contributed by atoms with Gasteiger partial charge in [-0.2, -0.15) is 0 Å². The molecule has 0 radical (unpaired) electrons. The molecule has 3 heteroatoms. The third-order valence-corrected chi connectivity index (χ3v) is 3.17. The van der Waals surface area contributed by atoms with E-state index in [1.165, 1.54) is 23.8 Å². The van der Waals surface area contributed by atoms with Crippen LogP contribution in [0.3, 0.4) is 0 Å². The van der Waals surface area contributed by atoms with Gasteiger partial charge in [0.05, 0.1) is 7.11 Å². The van der Waals surface area contributed by atoms with E-state index in [1.807, 2.05) is 6.07 Å². The summed E-state index contributed by atoms with van der Waals surface area (Å²) in [6, 6.07) is 11.7. The Balaban J connectivity index is 2.10. The lowest BCUT2D eigenvalue weighted by Crippen LogP contribution is -2.01. The number of phenolic OH excluding ortho intramolecular Hbond substituents is 1. The molecule has 19 heavy (non-hydrogen) atoms. The molecule has 0 aliphatic carbocycles. The molecule has 2 aromatic carbocycles. The van der Waals surface area contributed by atoms with E-state index in [0.717, 1.165) is 12.2 Å². The number of hydrogen-bond acceptors (Lipinski definition) is 3. The van der Waals surface area contributed by atoms with Gasteiger partial charge in [-0.25, -0.2) is 0 Å². The molecule has 2 aromatic rings. The first-order chi connectivity index (χ1) is 9.10. The topological polar surface area (TPSA) is 41.5 Å². The van der Waals surface area contributed by atoms with Gasteiger partial charge in [0.1, 0.15) is 0 Å². The van der Waals surface area contributed by atoms with E-state index in [4.69, 9.17) is 4.74 Å². The lowest BCUT2D eigenvalue weighted by molar-refractivity contribution is 0.373. The monoisotopic (exact) mass is 257 g/mol. The van der Waals surface area contributed by atoms with Crippen molar-refractivity contribution in [1.82, 2.24) is 0 Å². The Kier molecular flexibility index (Phi) is 3.95. The van der Waals surface area contributed by atoms with Crippen LogP contribution in [0.15, 0.2) is 36.4 Å². The molecule has 0 saturated carbocycles. The van der Waals surface area contributed by atoms with Crippen LogP contribution in [0.2, 0.25) is 0 Å². The predicted octanol–water partition coefficient (Wildman–Crippen LogP) is 3.63. The van der Waals surface area contributed by atoms with Crippen LogP contribution in [-0.4, -0.2) is 12.2 Å². The highest BCUT2D eigenvalue weighted by Crippen LogP contribution is 2.28. The molecule has 100 valence electrons. The van der Waals surface area contributed by atoms with Gasteiger partial charge in [-0.05, 0) is 37.1 Å². The normalized spacial score (nSPS) is 10.3. The Morgan fingerprint density at radius 2 is 1.89 bits per heavy atom. The molecule has 0 unspecified atom stereocenters. The molecule has 2 N–H and O–H groups in total. The third-order valence-electron chi connectivity index (χ3n) is 3.17. The van der Waals surface area contributed by atoms with Crippen LogP contribution in [0.25, 0.3) is 0 Å².